The molecule has 3 amide bonds. The van der Waals surface area contributed by atoms with Crippen LogP contribution in [0.25, 0.3) is 5.69 Å². The Morgan fingerprint density at radius 3 is 2.76 bits per heavy atom. The summed E-state index contributed by atoms with van der Waals surface area (Å²) in [5.41, 5.74) is 1.97. The molecule has 3 heterocycles. The number of nitrogens with one attached hydrogen (secondary N) is 1. The molecule has 29 heavy (non-hydrogen) atoms. The van der Waals surface area contributed by atoms with Crippen LogP contribution in [0.15, 0.2) is 42.7 Å². The summed E-state index contributed by atoms with van der Waals surface area (Å²) in [5, 5.41) is 7.23. The van der Waals surface area contributed by atoms with Crippen LogP contribution >= 0.6 is 0 Å². The number of hydrogen-bond donors (Lipinski definition) is 1. The molecule has 2 aromatic rings. The Morgan fingerprint density at radius 1 is 1.10 bits per heavy atom. The van der Waals surface area contributed by atoms with Gasteiger partial charge in [0.2, 0.25) is 0 Å². The maximum atomic E-state index is 12.6. The van der Waals surface area contributed by atoms with Gasteiger partial charge >= 0.3 is 6.03 Å². The average molecular weight is 397 g/mol. The Balaban J connectivity index is 1.29. The van der Waals surface area contributed by atoms with Gasteiger partial charge in [-0.2, -0.15) is 5.10 Å². The quantitative estimate of drug-likeness (QED) is 0.853. The molecule has 2 saturated heterocycles. The van der Waals surface area contributed by atoms with E-state index in [1.54, 1.807) is 15.8 Å². The molecule has 0 radical (unpaired) electrons. The fourth-order valence-electron chi connectivity index (χ4n) is 3.84. The zero-order valence-corrected chi connectivity index (χ0v) is 16.5. The highest BCUT2D eigenvalue weighted by Gasteiger charge is 2.30. The number of ether oxygens (including phenoxy) is 1. The molecule has 2 fully saturated rings. The summed E-state index contributed by atoms with van der Waals surface area (Å²) < 4.78 is 7.31. The van der Waals surface area contributed by atoms with Crippen molar-refractivity contribution < 1.29 is 14.3 Å². The summed E-state index contributed by atoms with van der Waals surface area (Å²) in [6.45, 7) is 3.53. The summed E-state index contributed by atoms with van der Waals surface area (Å²) in [5.74, 6) is 0.0696. The van der Waals surface area contributed by atoms with E-state index in [9.17, 15) is 9.59 Å². The first kappa shape index (κ1) is 19.4. The van der Waals surface area contributed by atoms with Crippen LogP contribution in [0.4, 0.5) is 4.79 Å². The number of rotatable bonds is 4. The fraction of sp³-hybridized carbons (Fsp3) is 0.476. The summed E-state index contributed by atoms with van der Waals surface area (Å²) in [7, 11) is 0. The molecule has 0 aliphatic carbocycles. The second-order valence-electron chi connectivity index (χ2n) is 7.45. The van der Waals surface area contributed by atoms with E-state index in [1.807, 2.05) is 41.4 Å². The van der Waals surface area contributed by atoms with E-state index in [4.69, 9.17) is 4.74 Å². The lowest BCUT2D eigenvalue weighted by Crippen LogP contribution is -2.44. The van der Waals surface area contributed by atoms with Crippen molar-refractivity contribution in [3.8, 4) is 5.69 Å². The predicted molar refractivity (Wildman–Crippen MR) is 108 cm³/mol. The molecular weight excluding hydrogens is 370 g/mol. The van der Waals surface area contributed by atoms with Crippen LogP contribution in [-0.2, 0) is 16.1 Å². The van der Waals surface area contributed by atoms with E-state index < -0.39 is 0 Å². The van der Waals surface area contributed by atoms with Crippen molar-refractivity contribution in [2.75, 3.05) is 32.8 Å². The van der Waals surface area contributed by atoms with Gasteiger partial charge in [-0.15, -0.1) is 0 Å². The van der Waals surface area contributed by atoms with Crippen LogP contribution in [0.5, 0.6) is 0 Å². The van der Waals surface area contributed by atoms with Gasteiger partial charge in [0.05, 0.1) is 5.69 Å². The first-order chi connectivity index (χ1) is 14.2. The number of benzene rings is 1. The Hall–Kier alpha value is -2.87. The minimum atomic E-state index is -0.294. The van der Waals surface area contributed by atoms with Crippen molar-refractivity contribution >= 4 is 11.9 Å². The molecule has 1 N–H and O–H groups in total. The van der Waals surface area contributed by atoms with Crippen molar-refractivity contribution in [1.82, 2.24) is 24.9 Å². The number of nitrogens with zero attached hydrogens (tertiary/aromatic N) is 4. The molecular formula is C21H27N5O3. The summed E-state index contributed by atoms with van der Waals surface area (Å²) in [6.07, 6.45) is 5.86. The number of carbonyl (C=O) groups is 2. The normalized spacial score (nSPS) is 19.8. The molecule has 4 rings (SSSR count). The Bertz CT molecular complexity index is 833. The molecule has 8 nitrogen and oxygen atoms in total. The van der Waals surface area contributed by atoms with E-state index in [0.717, 1.165) is 30.5 Å². The first-order valence-corrected chi connectivity index (χ1v) is 10.2. The molecule has 0 unspecified atom stereocenters. The summed E-state index contributed by atoms with van der Waals surface area (Å²) in [4.78, 5) is 28.8. The number of hydrogen-bond acceptors (Lipinski definition) is 4. The lowest BCUT2D eigenvalue weighted by molar-refractivity contribution is -0.140. The van der Waals surface area contributed by atoms with E-state index in [1.165, 1.54) is 0 Å². The van der Waals surface area contributed by atoms with Gasteiger partial charge in [-0.3, -0.25) is 4.79 Å². The Labute approximate surface area is 170 Å². The molecule has 154 valence electrons. The second-order valence-corrected chi connectivity index (χ2v) is 7.45. The maximum absolute atomic E-state index is 12.6. The topological polar surface area (TPSA) is 79.7 Å². The van der Waals surface area contributed by atoms with Crippen molar-refractivity contribution in [2.45, 2.75) is 31.9 Å². The van der Waals surface area contributed by atoms with E-state index in [2.05, 4.69) is 10.4 Å². The van der Waals surface area contributed by atoms with Crippen molar-refractivity contribution in [2.24, 2.45) is 0 Å². The third kappa shape index (κ3) is 4.76. The second kappa shape index (κ2) is 9.09. The zero-order valence-electron chi connectivity index (χ0n) is 16.5. The number of carbonyl (C=O) groups excluding carboxylic acids is 2. The number of amides is 3. The molecule has 0 spiro atoms. The van der Waals surface area contributed by atoms with Gasteiger partial charge in [-0.05, 0) is 43.0 Å². The highest BCUT2D eigenvalue weighted by Crippen LogP contribution is 2.16. The lowest BCUT2D eigenvalue weighted by atomic mass is 10.2. The van der Waals surface area contributed by atoms with E-state index in [0.29, 0.717) is 39.3 Å². The Kier molecular flexibility index (Phi) is 6.09. The lowest BCUT2D eigenvalue weighted by Gasteiger charge is -2.24. The average Bonchev–Trinajstić information content (AvgIpc) is 3.42. The molecule has 1 aromatic carbocycles. The van der Waals surface area contributed by atoms with Gasteiger partial charge in [0, 0.05) is 51.7 Å². The smallest absolute Gasteiger partial charge is 0.317 e. The minimum absolute atomic E-state index is 0.0696. The monoisotopic (exact) mass is 397 g/mol. The molecule has 0 bridgehead atoms. The van der Waals surface area contributed by atoms with Gasteiger partial charge in [0.25, 0.3) is 5.91 Å². The van der Waals surface area contributed by atoms with Crippen LogP contribution in [0.2, 0.25) is 0 Å². The van der Waals surface area contributed by atoms with Crippen LogP contribution in [-0.4, -0.2) is 70.4 Å². The minimum Gasteiger partial charge on any atom is -0.368 e. The molecule has 2 aliphatic rings. The molecule has 8 heteroatoms. The van der Waals surface area contributed by atoms with Gasteiger partial charge in [-0.1, -0.05) is 12.1 Å². The first-order valence-electron chi connectivity index (χ1n) is 10.2. The van der Waals surface area contributed by atoms with Crippen LogP contribution in [0.1, 0.15) is 24.8 Å². The fourth-order valence-corrected chi connectivity index (χ4v) is 3.84. The summed E-state index contributed by atoms with van der Waals surface area (Å²) in [6, 6.07) is 9.71. The SMILES string of the molecule is O=C(NCc1cccc(-n2cccn2)c1)N1CCCN(C(=O)[C@@H]2CCCO2)CC1. The summed E-state index contributed by atoms with van der Waals surface area (Å²) >= 11 is 0. The number of aromatic nitrogens is 2. The molecule has 1 aromatic heterocycles. The van der Waals surface area contributed by atoms with Gasteiger partial charge in [-0.25, -0.2) is 9.48 Å². The van der Waals surface area contributed by atoms with Crippen molar-refractivity contribution in [1.29, 1.82) is 0 Å². The number of urea groups is 1. The predicted octanol–water partition coefficient (Wildman–Crippen LogP) is 1.80. The highest BCUT2D eigenvalue weighted by molar-refractivity contribution is 5.81. The van der Waals surface area contributed by atoms with Crippen LogP contribution in [0, 0.1) is 0 Å². The van der Waals surface area contributed by atoms with Gasteiger partial charge < -0.3 is 19.9 Å². The van der Waals surface area contributed by atoms with E-state index >= 15 is 0 Å². The maximum Gasteiger partial charge on any atom is 0.317 e. The van der Waals surface area contributed by atoms with Gasteiger partial charge in [0.1, 0.15) is 6.10 Å². The molecule has 2 aliphatic heterocycles. The zero-order chi connectivity index (χ0) is 20.1. The largest absolute Gasteiger partial charge is 0.368 e. The molecule has 0 saturated carbocycles. The van der Waals surface area contributed by atoms with Crippen molar-refractivity contribution in [3.63, 3.8) is 0 Å². The standard InChI is InChI=1S/C21H27N5O3/c27-20(19-7-2-14-29-19)24-9-4-10-25(13-12-24)21(28)22-16-17-5-1-6-18(15-17)26-11-3-8-23-26/h1,3,5-6,8,11,15,19H,2,4,7,9-10,12-14,16H2,(H,22,28)/t19-/m0/s1. The van der Waals surface area contributed by atoms with Gasteiger partial charge in [0.15, 0.2) is 0 Å². The van der Waals surface area contributed by atoms with Crippen molar-refractivity contribution in [3.05, 3.63) is 48.3 Å². The van der Waals surface area contributed by atoms with Crippen LogP contribution in [0.3, 0.4) is 0 Å². The Morgan fingerprint density at radius 2 is 1.97 bits per heavy atom. The molecule has 1 atom stereocenters. The van der Waals surface area contributed by atoms with Crippen LogP contribution < -0.4 is 5.32 Å². The third-order valence-electron chi connectivity index (χ3n) is 5.42. The van der Waals surface area contributed by atoms with E-state index in [-0.39, 0.29) is 18.0 Å². The highest BCUT2D eigenvalue weighted by atomic mass is 16.5. The third-order valence-corrected chi connectivity index (χ3v) is 5.42.